The summed E-state index contributed by atoms with van der Waals surface area (Å²) in [5, 5.41) is 8.63. The minimum Gasteiger partial charge on any atom is -0.238 e. The molecule has 19 heavy (non-hydrogen) atoms. The van der Waals surface area contributed by atoms with Crippen LogP contribution in [0.4, 0.5) is 0 Å². The Balaban J connectivity index is 2.32. The lowest BCUT2D eigenvalue weighted by Gasteiger charge is -2.06. The molecule has 0 radical (unpaired) electrons. The highest BCUT2D eigenvalue weighted by molar-refractivity contribution is 7.98. The van der Waals surface area contributed by atoms with Crippen LogP contribution in [0.25, 0.3) is 11.3 Å². The molecule has 0 atom stereocenters. The van der Waals surface area contributed by atoms with Crippen molar-refractivity contribution < 1.29 is 0 Å². The number of rotatable bonds is 4. The molecule has 1 aromatic carbocycles. The van der Waals surface area contributed by atoms with Gasteiger partial charge in [0.25, 0.3) is 0 Å². The number of nitriles is 1. The minimum atomic E-state index is 0.453. The van der Waals surface area contributed by atoms with Gasteiger partial charge in [-0.05, 0) is 31.4 Å². The van der Waals surface area contributed by atoms with Crippen molar-refractivity contribution in [1.29, 1.82) is 5.26 Å². The minimum absolute atomic E-state index is 0.453. The Morgan fingerprint density at radius 1 is 1.21 bits per heavy atom. The van der Waals surface area contributed by atoms with Crippen LogP contribution in [0.1, 0.15) is 17.9 Å². The summed E-state index contributed by atoms with van der Waals surface area (Å²) in [6.45, 7) is 1.96. The summed E-state index contributed by atoms with van der Waals surface area (Å²) in [7, 11) is 0. The molecule has 0 unspecified atom stereocenters. The molecule has 2 aromatic rings. The summed E-state index contributed by atoms with van der Waals surface area (Å²) in [5.74, 6) is 0.741. The molecule has 0 saturated heterocycles. The fraction of sp³-hybridized carbons (Fsp3) is 0.267. The molecule has 0 saturated carbocycles. The van der Waals surface area contributed by atoms with Crippen LogP contribution in [0.3, 0.4) is 0 Å². The van der Waals surface area contributed by atoms with Crippen LogP contribution in [-0.2, 0) is 6.42 Å². The summed E-state index contributed by atoms with van der Waals surface area (Å²) in [6, 6.07) is 12.4. The van der Waals surface area contributed by atoms with Crippen molar-refractivity contribution in [1.82, 2.24) is 9.97 Å². The molecule has 0 fully saturated rings. The normalized spacial score (nSPS) is 10.2. The zero-order valence-electron chi connectivity index (χ0n) is 11.1. The van der Waals surface area contributed by atoms with Crippen LogP contribution in [0.15, 0.2) is 35.2 Å². The van der Waals surface area contributed by atoms with E-state index in [1.807, 2.05) is 13.0 Å². The number of aromatic nitrogens is 2. The highest BCUT2D eigenvalue weighted by Gasteiger charge is 2.05. The summed E-state index contributed by atoms with van der Waals surface area (Å²) < 4.78 is 0. The Kier molecular flexibility index (Phi) is 4.53. The zero-order chi connectivity index (χ0) is 13.7. The van der Waals surface area contributed by atoms with Gasteiger partial charge in [-0.1, -0.05) is 12.1 Å². The zero-order valence-corrected chi connectivity index (χ0v) is 11.9. The Labute approximate surface area is 117 Å². The lowest BCUT2D eigenvalue weighted by molar-refractivity contribution is 0.873. The first-order valence-corrected chi connectivity index (χ1v) is 7.31. The van der Waals surface area contributed by atoms with Gasteiger partial charge in [-0.25, -0.2) is 9.97 Å². The van der Waals surface area contributed by atoms with Crippen LogP contribution in [-0.4, -0.2) is 16.2 Å². The van der Waals surface area contributed by atoms with Gasteiger partial charge in [-0.2, -0.15) is 5.26 Å². The van der Waals surface area contributed by atoms with E-state index < -0.39 is 0 Å². The average Bonchev–Trinajstić information content (AvgIpc) is 2.44. The van der Waals surface area contributed by atoms with Gasteiger partial charge in [0, 0.05) is 29.0 Å². The quantitative estimate of drug-likeness (QED) is 0.795. The molecular weight excluding hydrogens is 254 g/mol. The molecule has 1 heterocycles. The fourth-order valence-electron chi connectivity index (χ4n) is 1.82. The number of benzene rings is 1. The van der Waals surface area contributed by atoms with Gasteiger partial charge in [0.15, 0.2) is 0 Å². The Hall–Kier alpha value is -1.86. The summed E-state index contributed by atoms with van der Waals surface area (Å²) in [6.07, 6.45) is 3.12. The highest BCUT2D eigenvalue weighted by Crippen LogP contribution is 2.22. The Bertz CT molecular complexity index is 600. The lowest BCUT2D eigenvalue weighted by atomic mass is 10.1. The molecule has 3 nitrogen and oxygen atoms in total. The molecule has 0 N–H and O–H groups in total. The molecule has 96 valence electrons. The van der Waals surface area contributed by atoms with Crippen molar-refractivity contribution >= 4 is 11.8 Å². The van der Waals surface area contributed by atoms with E-state index in [0.29, 0.717) is 12.8 Å². The number of nitrogens with zero attached hydrogens (tertiary/aromatic N) is 3. The number of hydrogen-bond acceptors (Lipinski definition) is 4. The molecule has 1 aromatic heterocycles. The fourth-order valence-corrected chi connectivity index (χ4v) is 2.23. The standard InChI is InChI=1S/C15H15N3S/c1-11-10-14(18-15(17-11)4-3-9-16)12-5-7-13(19-2)8-6-12/h5-8,10H,3-4H2,1-2H3. The molecule has 0 spiro atoms. The topological polar surface area (TPSA) is 49.6 Å². The molecule has 0 amide bonds. The second kappa shape index (κ2) is 6.35. The smallest absolute Gasteiger partial charge is 0.130 e. The van der Waals surface area contributed by atoms with Crippen LogP contribution in [0.5, 0.6) is 0 Å². The first kappa shape index (κ1) is 13.6. The lowest BCUT2D eigenvalue weighted by Crippen LogP contribution is -1.99. The predicted molar refractivity (Wildman–Crippen MR) is 77.9 cm³/mol. The van der Waals surface area contributed by atoms with E-state index in [1.165, 1.54) is 4.90 Å². The monoisotopic (exact) mass is 269 g/mol. The summed E-state index contributed by atoms with van der Waals surface area (Å²) in [5.41, 5.74) is 2.95. The van der Waals surface area contributed by atoms with Crippen LogP contribution < -0.4 is 0 Å². The summed E-state index contributed by atoms with van der Waals surface area (Å²) in [4.78, 5) is 10.1. The first-order chi connectivity index (χ1) is 9.22. The largest absolute Gasteiger partial charge is 0.238 e. The van der Waals surface area contributed by atoms with Gasteiger partial charge in [0.2, 0.25) is 0 Å². The van der Waals surface area contributed by atoms with E-state index in [9.17, 15) is 0 Å². The number of thioether (sulfide) groups is 1. The maximum Gasteiger partial charge on any atom is 0.130 e. The SMILES string of the molecule is CSc1ccc(-c2cc(C)nc(CCC#N)n2)cc1. The van der Waals surface area contributed by atoms with Crippen molar-refractivity contribution in [3.05, 3.63) is 41.9 Å². The van der Waals surface area contributed by atoms with Crippen molar-refractivity contribution in [2.24, 2.45) is 0 Å². The van der Waals surface area contributed by atoms with E-state index in [0.717, 1.165) is 22.8 Å². The van der Waals surface area contributed by atoms with E-state index in [-0.39, 0.29) is 0 Å². The van der Waals surface area contributed by atoms with Crippen molar-refractivity contribution in [2.75, 3.05) is 6.26 Å². The van der Waals surface area contributed by atoms with Gasteiger partial charge in [-0.3, -0.25) is 0 Å². The number of hydrogen-bond donors (Lipinski definition) is 0. The average molecular weight is 269 g/mol. The van der Waals surface area contributed by atoms with Crippen LogP contribution >= 0.6 is 11.8 Å². The van der Waals surface area contributed by atoms with E-state index >= 15 is 0 Å². The maximum absolute atomic E-state index is 8.63. The van der Waals surface area contributed by atoms with Crippen molar-refractivity contribution in [3.8, 4) is 17.3 Å². The van der Waals surface area contributed by atoms with Gasteiger partial charge in [-0.15, -0.1) is 11.8 Å². The van der Waals surface area contributed by atoms with Gasteiger partial charge >= 0.3 is 0 Å². The highest BCUT2D eigenvalue weighted by atomic mass is 32.2. The third-order valence-electron chi connectivity index (χ3n) is 2.75. The first-order valence-electron chi connectivity index (χ1n) is 6.09. The molecule has 2 rings (SSSR count). The second-order valence-electron chi connectivity index (χ2n) is 4.20. The third-order valence-corrected chi connectivity index (χ3v) is 3.49. The van der Waals surface area contributed by atoms with Crippen LogP contribution in [0, 0.1) is 18.3 Å². The molecule has 4 heteroatoms. The van der Waals surface area contributed by atoms with E-state index in [4.69, 9.17) is 5.26 Å². The van der Waals surface area contributed by atoms with Gasteiger partial charge < -0.3 is 0 Å². The van der Waals surface area contributed by atoms with E-state index in [2.05, 4.69) is 46.6 Å². The van der Waals surface area contributed by atoms with Crippen LogP contribution in [0.2, 0.25) is 0 Å². The Morgan fingerprint density at radius 2 is 1.95 bits per heavy atom. The number of aryl methyl sites for hydroxylation is 2. The van der Waals surface area contributed by atoms with Crippen molar-refractivity contribution in [3.63, 3.8) is 0 Å². The predicted octanol–water partition coefficient (Wildman–Crippen LogP) is 3.63. The second-order valence-corrected chi connectivity index (χ2v) is 5.08. The Morgan fingerprint density at radius 3 is 2.58 bits per heavy atom. The molecule has 0 aliphatic rings. The van der Waals surface area contributed by atoms with Gasteiger partial charge in [0.05, 0.1) is 11.8 Å². The summed E-state index contributed by atoms with van der Waals surface area (Å²) >= 11 is 1.72. The molecule has 0 aliphatic carbocycles. The molecule has 0 aliphatic heterocycles. The van der Waals surface area contributed by atoms with Gasteiger partial charge in [0.1, 0.15) is 5.82 Å². The molecule has 0 bridgehead atoms. The maximum atomic E-state index is 8.63. The van der Waals surface area contributed by atoms with E-state index in [1.54, 1.807) is 11.8 Å². The van der Waals surface area contributed by atoms with Crippen molar-refractivity contribution in [2.45, 2.75) is 24.7 Å². The third kappa shape index (κ3) is 3.55. The molecular formula is C15H15N3S.